The maximum absolute atomic E-state index is 13.2. The van der Waals surface area contributed by atoms with Crippen LogP contribution < -0.4 is 5.32 Å². The van der Waals surface area contributed by atoms with Crippen LogP contribution in [0.25, 0.3) is 0 Å². The molecule has 1 heterocycles. The summed E-state index contributed by atoms with van der Waals surface area (Å²) in [7, 11) is 0. The lowest BCUT2D eigenvalue weighted by Gasteiger charge is -2.34. The van der Waals surface area contributed by atoms with Crippen molar-refractivity contribution in [3.05, 3.63) is 70.5 Å². The number of hydrogen-bond acceptors (Lipinski definition) is 3. The van der Waals surface area contributed by atoms with E-state index in [0.29, 0.717) is 24.2 Å². The fraction of sp³-hybridized carbons (Fsp3) is 0.400. The number of nitrogens with one attached hydrogen (secondary N) is 1. The topological polar surface area (TPSA) is 30.5 Å². The molecular formula is C20H18F7NO2. The molecule has 1 saturated heterocycles. The van der Waals surface area contributed by atoms with Crippen LogP contribution in [0.1, 0.15) is 41.3 Å². The Balaban J connectivity index is 1.88. The van der Waals surface area contributed by atoms with E-state index in [2.05, 4.69) is 5.32 Å². The molecule has 0 aromatic heterocycles. The molecule has 0 bridgehead atoms. The standard InChI is InChI=1S/C20H18F7NO2/c1-11(13-8-14(19(22,23)24)10-15(9-13)20(25,26)27)30-18-17(28-6-7-29-18)12-2-4-16(21)5-3-12/h2-5,8-11,17-18,28H,6-7H2,1H3/t11-,17+,18-/m1/s1/i1+2. The predicted octanol–water partition coefficient (Wildman–Crippen LogP) is 5.63. The fourth-order valence-corrected chi connectivity index (χ4v) is 3.14. The van der Waals surface area contributed by atoms with Gasteiger partial charge in [-0.05, 0) is 48.4 Å². The fourth-order valence-electron chi connectivity index (χ4n) is 3.14. The van der Waals surface area contributed by atoms with Gasteiger partial charge in [0.1, 0.15) is 5.82 Å². The zero-order valence-corrected chi connectivity index (χ0v) is 15.6. The van der Waals surface area contributed by atoms with Crippen molar-refractivity contribution in [3.8, 4) is 0 Å². The molecular weight excluding hydrogens is 421 g/mol. The van der Waals surface area contributed by atoms with Gasteiger partial charge >= 0.3 is 12.4 Å². The Morgan fingerprint density at radius 1 is 0.967 bits per heavy atom. The van der Waals surface area contributed by atoms with Gasteiger partial charge in [-0.3, -0.25) is 0 Å². The predicted molar refractivity (Wildman–Crippen MR) is 92.8 cm³/mol. The monoisotopic (exact) mass is 439 g/mol. The Labute approximate surface area is 167 Å². The Kier molecular flexibility index (Phi) is 6.40. The summed E-state index contributed by atoms with van der Waals surface area (Å²) in [6.45, 7) is 2.01. The SMILES string of the molecule is [14CH3][C@@H](O[C@H]1OCCN[C@H]1c1ccc(F)cc1)c1cc(C(F)(F)F)cc(C(F)(F)F)c1. The number of benzene rings is 2. The smallest absolute Gasteiger partial charge is 0.349 e. The average Bonchev–Trinajstić information content (AvgIpc) is 2.67. The molecule has 0 radical (unpaired) electrons. The summed E-state index contributed by atoms with van der Waals surface area (Å²) in [5, 5.41) is 3.10. The molecule has 3 rings (SSSR count). The van der Waals surface area contributed by atoms with Crippen molar-refractivity contribution in [2.24, 2.45) is 0 Å². The first-order valence-electron chi connectivity index (χ1n) is 9.00. The number of alkyl halides is 6. The van der Waals surface area contributed by atoms with Crippen LogP contribution in [0.15, 0.2) is 42.5 Å². The van der Waals surface area contributed by atoms with Crippen LogP contribution in [0.4, 0.5) is 30.7 Å². The van der Waals surface area contributed by atoms with E-state index in [1.807, 2.05) is 0 Å². The van der Waals surface area contributed by atoms with Crippen molar-refractivity contribution in [1.29, 1.82) is 0 Å². The van der Waals surface area contributed by atoms with E-state index in [4.69, 9.17) is 9.47 Å². The zero-order chi connectivity index (χ0) is 22.1. The lowest BCUT2D eigenvalue weighted by atomic mass is 10.0. The Morgan fingerprint density at radius 2 is 1.53 bits per heavy atom. The molecule has 1 aliphatic heterocycles. The van der Waals surface area contributed by atoms with Crippen molar-refractivity contribution in [2.75, 3.05) is 13.2 Å². The molecule has 1 aliphatic rings. The maximum atomic E-state index is 13.2. The van der Waals surface area contributed by atoms with Crippen molar-refractivity contribution in [3.63, 3.8) is 0 Å². The van der Waals surface area contributed by atoms with Crippen LogP contribution in [0, 0.1) is 5.82 Å². The van der Waals surface area contributed by atoms with E-state index in [9.17, 15) is 30.7 Å². The number of halogens is 7. The number of morpholine rings is 1. The molecule has 2 aromatic carbocycles. The van der Waals surface area contributed by atoms with Gasteiger partial charge in [-0.25, -0.2) is 4.39 Å². The average molecular weight is 439 g/mol. The summed E-state index contributed by atoms with van der Waals surface area (Å²) in [5.41, 5.74) is -2.52. The highest BCUT2D eigenvalue weighted by molar-refractivity contribution is 5.34. The molecule has 3 atom stereocenters. The van der Waals surface area contributed by atoms with E-state index >= 15 is 0 Å². The van der Waals surface area contributed by atoms with Crippen LogP contribution >= 0.6 is 0 Å². The van der Waals surface area contributed by atoms with Gasteiger partial charge in [0.05, 0.1) is 29.9 Å². The van der Waals surface area contributed by atoms with Crippen molar-refractivity contribution >= 4 is 0 Å². The van der Waals surface area contributed by atoms with Crippen molar-refractivity contribution < 1.29 is 40.2 Å². The summed E-state index contributed by atoms with van der Waals surface area (Å²) < 4.78 is 103. The third-order valence-electron chi connectivity index (χ3n) is 4.67. The van der Waals surface area contributed by atoms with E-state index in [1.165, 1.54) is 31.2 Å². The largest absolute Gasteiger partial charge is 0.416 e. The van der Waals surface area contributed by atoms with Gasteiger partial charge < -0.3 is 14.8 Å². The molecule has 3 nitrogen and oxygen atoms in total. The zero-order valence-electron chi connectivity index (χ0n) is 15.6. The third kappa shape index (κ3) is 5.30. The first kappa shape index (κ1) is 22.5. The van der Waals surface area contributed by atoms with Gasteiger partial charge in [0, 0.05) is 6.54 Å². The lowest BCUT2D eigenvalue weighted by Crippen LogP contribution is -2.43. The molecule has 1 fully saturated rings. The Hall–Kier alpha value is -2.17. The molecule has 164 valence electrons. The van der Waals surface area contributed by atoms with Gasteiger partial charge in [0.15, 0.2) is 6.29 Å². The van der Waals surface area contributed by atoms with Crippen LogP contribution in [-0.2, 0) is 21.8 Å². The summed E-state index contributed by atoms with van der Waals surface area (Å²) in [4.78, 5) is 0. The van der Waals surface area contributed by atoms with Crippen LogP contribution in [0.5, 0.6) is 0 Å². The summed E-state index contributed by atoms with van der Waals surface area (Å²) in [6, 6.07) is 6.20. The first-order valence-corrected chi connectivity index (χ1v) is 9.00. The summed E-state index contributed by atoms with van der Waals surface area (Å²) in [5.74, 6) is -0.454. The molecule has 1 N–H and O–H groups in total. The van der Waals surface area contributed by atoms with Gasteiger partial charge in [-0.2, -0.15) is 26.3 Å². The maximum Gasteiger partial charge on any atom is 0.416 e. The first-order chi connectivity index (χ1) is 13.9. The van der Waals surface area contributed by atoms with Crippen molar-refractivity contribution in [1.82, 2.24) is 5.32 Å². The highest BCUT2D eigenvalue weighted by Crippen LogP contribution is 2.38. The highest BCUT2D eigenvalue weighted by atomic mass is 19.4. The van der Waals surface area contributed by atoms with E-state index in [1.54, 1.807) is 0 Å². The van der Waals surface area contributed by atoms with E-state index < -0.39 is 47.7 Å². The minimum atomic E-state index is -4.95. The summed E-state index contributed by atoms with van der Waals surface area (Å²) >= 11 is 0. The van der Waals surface area contributed by atoms with Gasteiger partial charge in [-0.1, -0.05) is 12.1 Å². The second-order valence-electron chi connectivity index (χ2n) is 6.84. The molecule has 0 saturated carbocycles. The Morgan fingerprint density at radius 3 is 2.07 bits per heavy atom. The molecule has 0 amide bonds. The number of rotatable bonds is 4. The minimum absolute atomic E-state index is 0.0657. The number of hydrogen-bond donors (Lipinski definition) is 1. The molecule has 30 heavy (non-hydrogen) atoms. The van der Waals surface area contributed by atoms with Crippen LogP contribution in [-0.4, -0.2) is 19.4 Å². The van der Waals surface area contributed by atoms with Gasteiger partial charge in [-0.15, -0.1) is 0 Å². The second kappa shape index (κ2) is 8.52. The molecule has 2 aromatic rings. The molecule has 10 heteroatoms. The van der Waals surface area contributed by atoms with Gasteiger partial charge in [0.25, 0.3) is 0 Å². The highest BCUT2D eigenvalue weighted by Gasteiger charge is 2.38. The molecule has 0 aliphatic carbocycles. The quantitative estimate of drug-likeness (QED) is 0.627. The molecule has 0 spiro atoms. The van der Waals surface area contributed by atoms with Crippen LogP contribution in [0.3, 0.4) is 0 Å². The second-order valence-corrected chi connectivity index (χ2v) is 6.84. The van der Waals surface area contributed by atoms with Crippen molar-refractivity contribution in [2.45, 2.75) is 37.7 Å². The van der Waals surface area contributed by atoms with Gasteiger partial charge in [0.2, 0.25) is 0 Å². The minimum Gasteiger partial charge on any atom is -0.349 e. The van der Waals surface area contributed by atoms with Crippen LogP contribution in [0.2, 0.25) is 0 Å². The normalized spacial score (nSPS) is 21.5. The third-order valence-corrected chi connectivity index (χ3v) is 4.67. The molecule has 0 unspecified atom stereocenters. The Bertz CT molecular complexity index is 833. The van der Waals surface area contributed by atoms with E-state index in [-0.39, 0.29) is 18.2 Å². The van der Waals surface area contributed by atoms with E-state index in [0.717, 1.165) is 0 Å². The number of ether oxygens (including phenoxy) is 2. The lowest BCUT2D eigenvalue weighted by molar-refractivity contribution is -0.200. The summed E-state index contributed by atoms with van der Waals surface area (Å²) in [6.07, 6.45) is -12.0.